The van der Waals surface area contributed by atoms with E-state index in [1.54, 1.807) is 7.11 Å². The van der Waals surface area contributed by atoms with E-state index in [1.807, 2.05) is 24.3 Å². The zero-order chi connectivity index (χ0) is 16.1. The zero-order valence-corrected chi connectivity index (χ0v) is 14.5. The number of hydrogen-bond donors (Lipinski definition) is 1. The summed E-state index contributed by atoms with van der Waals surface area (Å²) < 4.78 is 6.28. The van der Waals surface area contributed by atoms with Crippen LogP contribution in [0, 0.1) is 0 Å². The second-order valence-electron chi connectivity index (χ2n) is 5.29. The first-order valence-electron chi connectivity index (χ1n) is 7.47. The molecular formula is C20H18BrNO. The van der Waals surface area contributed by atoms with Crippen molar-refractivity contribution >= 4 is 21.6 Å². The predicted octanol–water partition coefficient (Wildman–Crippen LogP) is 5.74. The van der Waals surface area contributed by atoms with Gasteiger partial charge in [0.2, 0.25) is 0 Å². The molecule has 0 atom stereocenters. The van der Waals surface area contributed by atoms with Gasteiger partial charge in [0.15, 0.2) is 0 Å². The molecule has 0 fully saturated rings. The van der Waals surface area contributed by atoms with E-state index in [0.717, 1.165) is 22.5 Å². The third-order valence-corrected chi connectivity index (χ3v) is 4.19. The molecule has 0 aromatic heterocycles. The maximum absolute atomic E-state index is 5.19. The topological polar surface area (TPSA) is 21.3 Å². The molecule has 0 aliphatic rings. The molecule has 1 N–H and O–H groups in total. The number of ether oxygens (including phenoxy) is 1. The van der Waals surface area contributed by atoms with E-state index < -0.39 is 0 Å². The summed E-state index contributed by atoms with van der Waals surface area (Å²) in [5, 5.41) is 3.43. The lowest BCUT2D eigenvalue weighted by Gasteiger charge is -2.08. The Morgan fingerprint density at radius 3 is 2.13 bits per heavy atom. The molecule has 0 saturated carbocycles. The minimum atomic E-state index is 0.805. The molecule has 23 heavy (non-hydrogen) atoms. The highest BCUT2D eigenvalue weighted by atomic mass is 79.9. The number of rotatable bonds is 5. The SMILES string of the molecule is COc1ccc(-c2ccc(CNc3cccc(Br)c3)cc2)cc1. The van der Waals surface area contributed by atoms with Crippen LogP contribution < -0.4 is 10.1 Å². The third-order valence-electron chi connectivity index (χ3n) is 3.70. The van der Waals surface area contributed by atoms with Crippen LogP contribution in [-0.2, 0) is 6.54 Å². The second-order valence-corrected chi connectivity index (χ2v) is 6.21. The van der Waals surface area contributed by atoms with E-state index >= 15 is 0 Å². The molecule has 0 aliphatic heterocycles. The van der Waals surface area contributed by atoms with Crippen LogP contribution in [0.1, 0.15) is 5.56 Å². The number of halogens is 1. The van der Waals surface area contributed by atoms with E-state index in [-0.39, 0.29) is 0 Å². The number of hydrogen-bond acceptors (Lipinski definition) is 2. The van der Waals surface area contributed by atoms with E-state index in [2.05, 4.69) is 69.8 Å². The molecule has 0 bridgehead atoms. The van der Waals surface area contributed by atoms with Crippen molar-refractivity contribution < 1.29 is 4.74 Å². The summed E-state index contributed by atoms with van der Waals surface area (Å²) in [6.45, 7) is 0.805. The smallest absolute Gasteiger partial charge is 0.118 e. The Hall–Kier alpha value is -2.26. The van der Waals surface area contributed by atoms with Crippen LogP contribution >= 0.6 is 15.9 Å². The molecule has 3 aromatic carbocycles. The van der Waals surface area contributed by atoms with Gasteiger partial charge >= 0.3 is 0 Å². The summed E-state index contributed by atoms with van der Waals surface area (Å²) in [5.41, 5.74) is 4.76. The fraction of sp³-hybridized carbons (Fsp3) is 0.100. The minimum absolute atomic E-state index is 0.805. The molecule has 0 radical (unpaired) electrons. The summed E-state index contributed by atoms with van der Waals surface area (Å²) in [4.78, 5) is 0. The molecule has 2 nitrogen and oxygen atoms in total. The molecule has 116 valence electrons. The molecular weight excluding hydrogens is 350 g/mol. The van der Waals surface area contributed by atoms with Crippen molar-refractivity contribution in [2.24, 2.45) is 0 Å². The average Bonchev–Trinajstić information content (AvgIpc) is 2.61. The predicted molar refractivity (Wildman–Crippen MR) is 99.9 cm³/mol. The van der Waals surface area contributed by atoms with Crippen LogP contribution in [0.5, 0.6) is 5.75 Å². The van der Waals surface area contributed by atoms with Gasteiger partial charge in [-0.25, -0.2) is 0 Å². The number of methoxy groups -OCH3 is 1. The fourth-order valence-electron chi connectivity index (χ4n) is 2.40. The maximum atomic E-state index is 5.19. The Morgan fingerprint density at radius 2 is 1.52 bits per heavy atom. The Balaban J connectivity index is 1.66. The molecule has 0 saturated heterocycles. The van der Waals surface area contributed by atoms with Crippen molar-refractivity contribution in [1.29, 1.82) is 0 Å². The van der Waals surface area contributed by atoms with Gasteiger partial charge in [0, 0.05) is 16.7 Å². The second kappa shape index (κ2) is 7.34. The van der Waals surface area contributed by atoms with Crippen molar-refractivity contribution in [2.75, 3.05) is 12.4 Å². The van der Waals surface area contributed by atoms with Gasteiger partial charge in [-0.2, -0.15) is 0 Å². The normalized spacial score (nSPS) is 10.3. The van der Waals surface area contributed by atoms with Gasteiger partial charge in [0.25, 0.3) is 0 Å². The molecule has 0 amide bonds. The molecule has 3 aromatic rings. The van der Waals surface area contributed by atoms with E-state index in [9.17, 15) is 0 Å². The lowest BCUT2D eigenvalue weighted by atomic mass is 10.0. The summed E-state index contributed by atoms with van der Waals surface area (Å²) >= 11 is 3.49. The summed E-state index contributed by atoms with van der Waals surface area (Å²) in [6, 6.07) is 24.9. The molecule has 0 spiro atoms. The molecule has 0 heterocycles. The van der Waals surface area contributed by atoms with Crippen LogP contribution in [0.3, 0.4) is 0 Å². The summed E-state index contributed by atoms with van der Waals surface area (Å²) in [7, 11) is 1.68. The van der Waals surface area contributed by atoms with Crippen LogP contribution in [0.15, 0.2) is 77.3 Å². The van der Waals surface area contributed by atoms with Crippen LogP contribution in [-0.4, -0.2) is 7.11 Å². The van der Waals surface area contributed by atoms with Gasteiger partial charge in [-0.15, -0.1) is 0 Å². The first kappa shape index (κ1) is 15.6. The Labute approximate surface area is 145 Å². The summed E-state index contributed by atoms with van der Waals surface area (Å²) in [6.07, 6.45) is 0. The lowest BCUT2D eigenvalue weighted by Crippen LogP contribution is -1.98. The van der Waals surface area contributed by atoms with Gasteiger partial charge in [-0.05, 0) is 47.0 Å². The Kier molecular flexibility index (Phi) is 4.99. The van der Waals surface area contributed by atoms with Crippen molar-refractivity contribution in [3.05, 3.63) is 82.8 Å². The highest BCUT2D eigenvalue weighted by Gasteiger charge is 2.00. The monoisotopic (exact) mass is 367 g/mol. The van der Waals surface area contributed by atoms with Crippen LogP contribution in [0.25, 0.3) is 11.1 Å². The largest absolute Gasteiger partial charge is 0.497 e. The van der Waals surface area contributed by atoms with E-state index in [1.165, 1.54) is 16.7 Å². The van der Waals surface area contributed by atoms with Crippen LogP contribution in [0.4, 0.5) is 5.69 Å². The zero-order valence-electron chi connectivity index (χ0n) is 12.9. The summed E-state index contributed by atoms with van der Waals surface area (Å²) in [5.74, 6) is 0.878. The van der Waals surface area contributed by atoms with Gasteiger partial charge < -0.3 is 10.1 Å². The van der Waals surface area contributed by atoms with Crippen molar-refractivity contribution in [2.45, 2.75) is 6.54 Å². The highest BCUT2D eigenvalue weighted by Crippen LogP contribution is 2.23. The molecule has 0 unspecified atom stereocenters. The van der Waals surface area contributed by atoms with Crippen LogP contribution in [0.2, 0.25) is 0 Å². The molecule has 3 rings (SSSR count). The maximum Gasteiger partial charge on any atom is 0.118 e. The van der Waals surface area contributed by atoms with Gasteiger partial charge in [-0.1, -0.05) is 58.4 Å². The fourth-order valence-corrected chi connectivity index (χ4v) is 2.80. The minimum Gasteiger partial charge on any atom is -0.497 e. The van der Waals surface area contributed by atoms with Gasteiger partial charge in [-0.3, -0.25) is 0 Å². The number of benzene rings is 3. The van der Waals surface area contributed by atoms with Gasteiger partial charge in [0.1, 0.15) is 5.75 Å². The van der Waals surface area contributed by atoms with E-state index in [0.29, 0.717) is 0 Å². The first-order chi connectivity index (χ1) is 11.2. The molecule has 0 aliphatic carbocycles. The highest BCUT2D eigenvalue weighted by molar-refractivity contribution is 9.10. The lowest BCUT2D eigenvalue weighted by molar-refractivity contribution is 0.415. The Bertz CT molecular complexity index is 766. The first-order valence-corrected chi connectivity index (χ1v) is 8.27. The quantitative estimate of drug-likeness (QED) is 0.620. The standard InChI is InChI=1S/C20H18BrNO/c1-23-20-11-9-17(10-12-20)16-7-5-15(6-8-16)14-22-19-4-2-3-18(21)13-19/h2-13,22H,14H2,1H3. The van der Waals surface area contributed by atoms with Crippen molar-refractivity contribution in [3.8, 4) is 16.9 Å². The van der Waals surface area contributed by atoms with E-state index in [4.69, 9.17) is 4.74 Å². The number of anilines is 1. The Morgan fingerprint density at radius 1 is 0.870 bits per heavy atom. The number of nitrogens with one attached hydrogen (secondary N) is 1. The average molecular weight is 368 g/mol. The van der Waals surface area contributed by atoms with Gasteiger partial charge in [0.05, 0.1) is 7.11 Å². The molecule has 3 heteroatoms. The van der Waals surface area contributed by atoms with Crippen molar-refractivity contribution in [1.82, 2.24) is 0 Å². The van der Waals surface area contributed by atoms with Crippen molar-refractivity contribution in [3.63, 3.8) is 0 Å². The third kappa shape index (κ3) is 4.14.